The van der Waals surface area contributed by atoms with E-state index in [9.17, 15) is 23.8 Å². The highest BCUT2D eigenvalue weighted by atomic mass is 19.3. The fraction of sp³-hybridized carbons (Fsp3) is 0.955. The summed E-state index contributed by atoms with van der Waals surface area (Å²) in [6.07, 6.45) is 5.37. The second kappa shape index (κ2) is 11.0. The molecule has 0 bridgehead atoms. The Morgan fingerprint density at radius 1 is 1.21 bits per heavy atom. The average molecular weight is 420 g/mol. The number of hydrogen-bond donors (Lipinski definition) is 3. The normalized spacial score (nSPS) is 32.2. The zero-order chi connectivity index (χ0) is 21.5. The molecule has 170 valence electrons. The molecule has 7 heteroatoms. The van der Waals surface area contributed by atoms with Gasteiger partial charge < -0.3 is 20.3 Å². The van der Waals surface area contributed by atoms with Crippen molar-refractivity contribution in [2.75, 3.05) is 6.54 Å². The number of halogens is 2. The van der Waals surface area contributed by atoms with Gasteiger partial charge in [0.15, 0.2) is 0 Å². The first-order chi connectivity index (χ1) is 13.7. The van der Waals surface area contributed by atoms with Crippen LogP contribution in [0.25, 0.3) is 0 Å². The highest BCUT2D eigenvalue weighted by Gasteiger charge is 2.59. The van der Waals surface area contributed by atoms with Crippen LogP contribution in [0.2, 0.25) is 0 Å². The number of amides is 1. The van der Waals surface area contributed by atoms with Crippen LogP contribution < -0.4 is 5.32 Å². The van der Waals surface area contributed by atoms with E-state index >= 15 is 0 Å². The molecule has 3 N–H and O–H groups in total. The minimum Gasteiger partial charge on any atom is -0.393 e. The predicted octanol–water partition coefficient (Wildman–Crippen LogP) is 4.15. The van der Waals surface area contributed by atoms with E-state index in [0.29, 0.717) is 38.6 Å². The maximum absolute atomic E-state index is 14.5. The highest BCUT2D eigenvalue weighted by molar-refractivity contribution is 5.75. The number of unbranched alkanes of at least 4 members (excludes halogenated alkanes) is 4. The van der Waals surface area contributed by atoms with Crippen molar-refractivity contribution in [2.45, 2.75) is 115 Å². The molecule has 0 aromatic heterocycles. The summed E-state index contributed by atoms with van der Waals surface area (Å²) in [7, 11) is 0. The van der Waals surface area contributed by atoms with Gasteiger partial charge in [-0.25, -0.2) is 8.78 Å². The Bertz CT molecular complexity index is 519. The topological polar surface area (TPSA) is 78.8 Å². The van der Waals surface area contributed by atoms with Crippen LogP contribution in [0.3, 0.4) is 0 Å². The van der Waals surface area contributed by atoms with Gasteiger partial charge in [0.05, 0.1) is 12.2 Å². The maximum atomic E-state index is 14.5. The van der Waals surface area contributed by atoms with Gasteiger partial charge in [0.1, 0.15) is 0 Å². The zero-order valence-corrected chi connectivity index (χ0v) is 18.0. The molecule has 1 aliphatic heterocycles. The molecule has 1 saturated carbocycles. The number of alkyl halides is 2. The van der Waals surface area contributed by atoms with Gasteiger partial charge in [0.25, 0.3) is 0 Å². The molecule has 1 heterocycles. The summed E-state index contributed by atoms with van der Waals surface area (Å²) in [5.74, 6) is -5.51. The zero-order valence-electron chi connectivity index (χ0n) is 18.0. The Morgan fingerprint density at radius 3 is 2.62 bits per heavy atom. The third kappa shape index (κ3) is 6.34. The number of aliphatic hydroxyl groups is 2. The second-order valence-electron chi connectivity index (χ2n) is 8.82. The van der Waals surface area contributed by atoms with Crippen LogP contribution in [0.15, 0.2) is 0 Å². The monoisotopic (exact) mass is 419 g/mol. The molecule has 2 rings (SSSR count). The van der Waals surface area contributed by atoms with Gasteiger partial charge in [-0.1, -0.05) is 32.6 Å². The molecule has 0 aromatic rings. The van der Waals surface area contributed by atoms with Gasteiger partial charge in [-0.3, -0.25) is 4.79 Å². The van der Waals surface area contributed by atoms with E-state index in [1.807, 2.05) is 13.8 Å². The number of ether oxygens (including phenoxy) is 1. The quantitative estimate of drug-likeness (QED) is 0.415. The summed E-state index contributed by atoms with van der Waals surface area (Å²) >= 11 is 0. The van der Waals surface area contributed by atoms with Crippen LogP contribution in [0, 0.1) is 11.8 Å². The van der Waals surface area contributed by atoms with Crippen molar-refractivity contribution in [2.24, 2.45) is 11.8 Å². The molecule has 0 spiro atoms. The SMILES string of the molecule is CCCCC(F)(F)[C@@]1(O)CCC2[C@@H](CCCCCCC(=O)NCC)[C@@H](O)C[C@H]2O1. The molecule has 1 unspecified atom stereocenters. The number of fused-ring (bicyclic) bond motifs is 1. The molecule has 1 amide bonds. The van der Waals surface area contributed by atoms with Gasteiger partial charge in [-0.2, -0.15) is 0 Å². The van der Waals surface area contributed by atoms with Crippen LogP contribution in [0.4, 0.5) is 8.78 Å². The average Bonchev–Trinajstić information content (AvgIpc) is 2.97. The molecule has 1 saturated heterocycles. The van der Waals surface area contributed by atoms with Gasteiger partial charge in [0.2, 0.25) is 11.7 Å². The van der Waals surface area contributed by atoms with E-state index in [-0.39, 0.29) is 30.6 Å². The van der Waals surface area contributed by atoms with Crippen molar-refractivity contribution in [3.8, 4) is 0 Å². The van der Waals surface area contributed by atoms with E-state index in [1.54, 1.807) is 0 Å². The summed E-state index contributed by atoms with van der Waals surface area (Å²) in [4.78, 5) is 11.4. The molecular weight excluding hydrogens is 380 g/mol. The molecule has 1 aliphatic carbocycles. The summed E-state index contributed by atoms with van der Waals surface area (Å²) in [5.41, 5.74) is 0. The minimum absolute atomic E-state index is 0.0302. The standard InChI is InChI=1S/C22H39F2NO4/c1-3-5-13-21(23,24)22(28)14-12-17-16(18(26)15-19(17)29-22)10-8-6-7-9-11-20(27)25-4-2/h16-19,26,28H,3-15H2,1-2H3,(H,25,27)/t16-,17?,18+,19-,22-/m1/s1. The molecule has 0 radical (unpaired) electrons. The Balaban J connectivity index is 1.77. The van der Waals surface area contributed by atoms with Crippen molar-refractivity contribution in [3.63, 3.8) is 0 Å². The maximum Gasteiger partial charge on any atom is 0.300 e. The first kappa shape index (κ1) is 24.5. The lowest BCUT2D eigenvalue weighted by molar-refractivity contribution is -0.356. The van der Waals surface area contributed by atoms with Crippen molar-refractivity contribution in [3.05, 3.63) is 0 Å². The van der Waals surface area contributed by atoms with Crippen LogP contribution in [0.5, 0.6) is 0 Å². The number of nitrogens with one attached hydrogen (secondary N) is 1. The van der Waals surface area contributed by atoms with Crippen molar-refractivity contribution >= 4 is 5.91 Å². The Hall–Kier alpha value is -0.790. The third-order valence-corrected chi connectivity index (χ3v) is 6.64. The molecular formula is C22H39F2NO4. The molecule has 2 aliphatic rings. The van der Waals surface area contributed by atoms with Crippen LogP contribution >= 0.6 is 0 Å². The third-order valence-electron chi connectivity index (χ3n) is 6.64. The highest BCUT2D eigenvalue weighted by Crippen LogP contribution is 2.50. The lowest BCUT2D eigenvalue weighted by atomic mass is 9.81. The first-order valence-corrected chi connectivity index (χ1v) is 11.5. The Labute approximate surface area is 173 Å². The fourth-order valence-corrected chi connectivity index (χ4v) is 4.93. The van der Waals surface area contributed by atoms with E-state index in [2.05, 4.69) is 5.32 Å². The van der Waals surface area contributed by atoms with E-state index < -0.39 is 23.9 Å². The minimum atomic E-state index is -3.26. The Morgan fingerprint density at radius 2 is 1.93 bits per heavy atom. The number of rotatable bonds is 12. The smallest absolute Gasteiger partial charge is 0.300 e. The second-order valence-corrected chi connectivity index (χ2v) is 8.82. The summed E-state index contributed by atoms with van der Waals surface area (Å²) in [6, 6.07) is 0. The summed E-state index contributed by atoms with van der Waals surface area (Å²) in [5, 5.41) is 23.8. The fourth-order valence-electron chi connectivity index (χ4n) is 4.93. The van der Waals surface area contributed by atoms with Crippen molar-refractivity contribution in [1.82, 2.24) is 5.32 Å². The largest absolute Gasteiger partial charge is 0.393 e. The lowest BCUT2D eigenvalue weighted by Crippen LogP contribution is -2.55. The molecule has 2 fully saturated rings. The van der Waals surface area contributed by atoms with Gasteiger partial charge in [-0.05, 0) is 44.4 Å². The number of hydrogen-bond acceptors (Lipinski definition) is 4. The van der Waals surface area contributed by atoms with Crippen molar-refractivity contribution in [1.29, 1.82) is 0 Å². The Kier molecular flexibility index (Phi) is 9.29. The summed E-state index contributed by atoms with van der Waals surface area (Å²) < 4.78 is 34.5. The van der Waals surface area contributed by atoms with Gasteiger partial charge in [-0.15, -0.1) is 0 Å². The molecule has 29 heavy (non-hydrogen) atoms. The van der Waals surface area contributed by atoms with Crippen LogP contribution in [0.1, 0.15) is 90.9 Å². The van der Waals surface area contributed by atoms with E-state index in [1.165, 1.54) is 0 Å². The lowest BCUT2D eigenvalue weighted by Gasteiger charge is -2.44. The number of carbonyl (C=O) groups is 1. The number of carbonyl (C=O) groups excluding carboxylic acids is 1. The van der Waals surface area contributed by atoms with E-state index in [0.717, 1.165) is 32.1 Å². The van der Waals surface area contributed by atoms with E-state index in [4.69, 9.17) is 4.74 Å². The predicted molar refractivity (Wildman–Crippen MR) is 108 cm³/mol. The van der Waals surface area contributed by atoms with Gasteiger partial charge >= 0.3 is 5.92 Å². The summed E-state index contributed by atoms with van der Waals surface area (Å²) in [6.45, 7) is 4.40. The van der Waals surface area contributed by atoms with Crippen molar-refractivity contribution < 1.29 is 28.5 Å². The number of aliphatic hydroxyl groups excluding tert-OH is 1. The van der Waals surface area contributed by atoms with Crippen LogP contribution in [-0.2, 0) is 9.53 Å². The van der Waals surface area contributed by atoms with Crippen LogP contribution in [-0.4, -0.2) is 46.6 Å². The molecule has 5 nitrogen and oxygen atoms in total. The van der Waals surface area contributed by atoms with Gasteiger partial charge in [0, 0.05) is 32.2 Å². The molecule has 5 atom stereocenters. The molecule has 0 aromatic carbocycles. The first-order valence-electron chi connectivity index (χ1n) is 11.5.